The van der Waals surface area contributed by atoms with Gasteiger partial charge < -0.3 is 0 Å². The van der Waals surface area contributed by atoms with Crippen LogP contribution in [0.1, 0.15) is 29.2 Å². The van der Waals surface area contributed by atoms with Gasteiger partial charge in [0.05, 0.1) is 5.69 Å². The number of aliphatic imine (C=N–C) groups is 1. The van der Waals surface area contributed by atoms with Crippen molar-refractivity contribution in [1.29, 1.82) is 0 Å². The fourth-order valence-electron chi connectivity index (χ4n) is 2.86. The van der Waals surface area contributed by atoms with Crippen LogP contribution < -0.4 is 5.43 Å². The number of hydrogen-bond acceptors (Lipinski definition) is 4. The molecule has 26 heavy (non-hydrogen) atoms. The molecule has 0 bridgehead atoms. The summed E-state index contributed by atoms with van der Waals surface area (Å²) in [6, 6.07) is 18.3. The van der Waals surface area contributed by atoms with Crippen molar-refractivity contribution in [3.8, 4) is 0 Å². The van der Waals surface area contributed by atoms with Crippen LogP contribution in [0.5, 0.6) is 0 Å². The van der Waals surface area contributed by atoms with E-state index in [0.29, 0.717) is 0 Å². The van der Waals surface area contributed by atoms with Gasteiger partial charge in [-0.15, -0.1) is 0 Å². The molecule has 4 rings (SSSR count). The Bertz CT molecular complexity index is 992. The molecule has 1 N–H and O–H groups in total. The van der Waals surface area contributed by atoms with Crippen LogP contribution in [0.3, 0.4) is 0 Å². The van der Waals surface area contributed by atoms with Crippen molar-refractivity contribution in [3.63, 3.8) is 0 Å². The van der Waals surface area contributed by atoms with E-state index in [1.165, 1.54) is 5.56 Å². The second-order valence-corrected chi connectivity index (χ2v) is 6.90. The molecule has 0 atom stereocenters. The fraction of sp³-hybridized carbons (Fsp3) is 0.0952. The summed E-state index contributed by atoms with van der Waals surface area (Å²) < 4.78 is 1.03. The summed E-state index contributed by atoms with van der Waals surface area (Å²) in [6.45, 7) is 2.15. The number of aryl methyl sites for hydroxylation is 1. The third kappa shape index (κ3) is 3.30. The van der Waals surface area contributed by atoms with Gasteiger partial charge in [-0.1, -0.05) is 41.1 Å². The van der Waals surface area contributed by atoms with Gasteiger partial charge in [0.25, 0.3) is 0 Å². The SMILES string of the molecule is CCc1ccc2c(c1)C(c1cccnc1)=NNC(c1ccc(Br)cc1)=N2. The van der Waals surface area contributed by atoms with Crippen LogP contribution in [-0.2, 0) is 6.42 Å². The normalized spacial score (nSPS) is 13.2. The van der Waals surface area contributed by atoms with E-state index in [4.69, 9.17) is 4.99 Å². The number of rotatable bonds is 3. The smallest absolute Gasteiger partial charge is 0.154 e. The van der Waals surface area contributed by atoms with Crippen LogP contribution in [0.15, 0.2) is 81.6 Å². The van der Waals surface area contributed by atoms with Crippen molar-refractivity contribution in [3.05, 3.63) is 93.7 Å². The Morgan fingerprint density at radius 2 is 1.85 bits per heavy atom. The summed E-state index contributed by atoms with van der Waals surface area (Å²) in [4.78, 5) is 9.09. The first-order valence-corrected chi connectivity index (χ1v) is 9.26. The minimum absolute atomic E-state index is 0.724. The van der Waals surface area contributed by atoms with E-state index in [2.05, 4.69) is 56.6 Å². The molecule has 0 fully saturated rings. The van der Waals surface area contributed by atoms with Crippen molar-refractivity contribution >= 4 is 33.2 Å². The molecule has 0 aliphatic carbocycles. The van der Waals surface area contributed by atoms with E-state index in [9.17, 15) is 0 Å². The zero-order valence-corrected chi connectivity index (χ0v) is 15.9. The van der Waals surface area contributed by atoms with E-state index in [-0.39, 0.29) is 0 Å². The number of benzene rings is 2. The summed E-state index contributed by atoms with van der Waals surface area (Å²) >= 11 is 3.47. The lowest BCUT2D eigenvalue weighted by molar-refractivity contribution is 1.03. The van der Waals surface area contributed by atoms with Crippen molar-refractivity contribution in [2.45, 2.75) is 13.3 Å². The van der Waals surface area contributed by atoms with Gasteiger partial charge in [0, 0.05) is 33.6 Å². The Morgan fingerprint density at radius 3 is 2.58 bits per heavy atom. The molecular weight excluding hydrogens is 388 g/mol. The monoisotopic (exact) mass is 404 g/mol. The van der Waals surface area contributed by atoms with Gasteiger partial charge in [0.2, 0.25) is 0 Å². The largest absolute Gasteiger partial charge is 0.264 e. The predicted molar refractivity (Wildman–Crippen MR) is 109 cm³/mol. The second-order valence-electron chi connectivity index (χ2n) is 5.99. The summed E-state index contributed by atoms with van der Waals surface area (Å²) in [5.74, 6) is 0.724. The molecule has 0 saturated carbocycles. The molecule has 4 nitrogen and oxygen atoms in total. The molecule has 1 aliphatic heterocycles. The van der Waals surface area contributed by atoms with Crippen LogP contribution >= 0.6 is 15.9 Å². The lowest BCUT2D eigenvalue weighted by Gasteiger charge is -2.09. The molecule has 5 heteroatoms. The van der Waals surface area contributed by atoms with Gasteiger partial charge in [-0.3, -0.25) is 10.4 Å². The Hall–Kier alpha value is -2.79. The molecule has 1 aliphatic rings. The fourth-order valence-corrected chi connectivity index (χ4v) is 3.13. The number of hydrazone groups is 1. The van der Waals surface area contributed by atoms with Crippen LogP contribution in [0, 0.1) is 0 Å². The van der Waals surface area contributed by atoms with E-state index in [1.54, 1.807) is 6.20 Å². The average molecular weight is 405 g/mol. The van der Waals surface area contributed by atoms with Crippen molar-refractivity contribution in [2.24, 2.45) is 10.1 Å². The minimum Gasteiger partial charge on any atom is -0.264 e. The van der Waals surface area contributed by atoms with Gasteiger partial charge >= 0.3 is 0 Å². The van der Waals surface area contributed by atoms with E-state index >= 15 is 0 Å². The van der Waals surface area contributed by atoms with Gasteiger partial charge in [-0.2, -0.15) is 5.10 Å². The average Bonchev–Trinajstić information content (AvgIpc) is 2.88. The number of pyridine rings is 1. The second kappa shape index (κ2) is 7.22. The lowest BCUT2D eigenvalue weighted by Crippen LogP contribution is -2.19. The van der Waals surface area contributed by atoms with Gasteiger partial charge in [0.1, 0.15) is 5.71 Å². The molecule has 128 valence electrons. The standard InChI is InChI=1S/C21H17BrN4/c1-2-14-5-10-19-18(12-14)20(16-4-3-11-23-13-16)25-26-21(24-19)15-6-8-17(22)9-7-15/h3-13H,2H2,1H3,(H,24,26). The highest BCUT2D eigenvalue weighted by Gasteiger charge is 2.17. The first-order chi connectivity index (χ1) is 12.7. The quantitative estimate of drug-likeness (QED) is 0.678. The third-order valence-electron chi connectivity index (χ3n) is 4.28. The zero-order chi connectivity index (χ0) is 17.9. The van der Waals surface area contributed by atoms with Crippen molar-refractivity contribution in [1.82, 2.24) is 10.4 Å². The highest BCUT2D eigenvalue weighted by atomic mass is 79.9. The highest BCUT2D eigenvalue weighted by molar-refractivity contribution is 9.10. The molecule has 2 heterocycles. The Balaban J connectivity index is 1.87. The molecule has 2 aromatic carbocycles. The number of amidine groups is 1. The van der Waals surface area contributed by atoms with Crippen molar-refractivity contribution < 1.29 is 0 Å². The predicted octanol–water partition coefficient (Wildman–Crippen LogP) is 4.84. The maximum atomic E-state index is 4.85. The Kier molecular flexibility index (Phi) is 4.63. The van der Waals surface area contributed by atoms with Crippen LogP contribution in [0.25, 0.3) is 0 Å². The summed E-state index contributed by atoms with van der Waals surface area (Å²) in [6.07, 6.45) is 4.55. The first-order valence-electron chi connectivity index (χ1n) is 8.46. The summed E-state index contributed by atoms with van der Waals surface area (Å²) in [5, 5.41) is 4.67. The Morgan fingerprint density at radius 1 is 1.00 bits per heavy atom. The first kappa shape index (κ1) is 16.7. The van der Waals surface area contributed by atoms with Gasteiger partial charge in [-0.05, 0) is 48.4 Å². The highest BCUT2D eigenvalue weighted by Crippen LogP contribution is 2.27. The summed E-state index contributed by atoms with van der Waals surface area (Å²) in [7, 11) is 0. The zero-order valence-electron chi connectivity index (χ0n) is 14.3. The number of aromatic nitrogens is 1. The maximum absolute atomic E-state index is 4.85. The molecule has 0 radical (unpaired) electrons. The topological polar surface area (TPSA) is 49.6 Å². The molecule has 0 amide bonds. The number of nitrogens with one attached hydrogen (secondary N) is 1. The third-order valence-corrected chi connectivity index (χ3v) is 4.81. The van der Waals surface area contributed by atoms with Crippen LogP contribution in [-0.4, -0.2) is 16.5 Å². The molecule has 0 saturated heterocycles. The molecule has 3 aromatic rings. The number of fused-ring (bicyclic) bond motifs is 1. The van der Waals surface area contributed by atoms with E-state index < -0.39 is 0 Å². The van der Waals surface area contributed by atoms with Crippen LogP contribution in [0.2, 0.25) is 0 Å². The maximum Gasteiger partial charge on any atom is 0.154 e. The Labute approximate surface area is 160 Å². The molecule has 0 spiro atoms. The van der Waals surface area contributed by atoms with Crippen molar-refractivity contribution in [2.75, 3.05) is 0 Å². The number of hydrogen-bond donors (Lipinski definition) is 1. The molecule has 1 aromatic heterocycles. The van der Waals surface area contributed by atoms with E-state index in [1.807, 2.05) is 42.6 Å². The summed E-state index contributed by atoms with van der Waals surface area (Å²) in [5.41, 5.74) is 9.09. The molecular formula is C21H17BrN4. The lowest BCUT2D eigenvalue weighted by atomic mass is 9.99. The van der Waals surface area contributed by atoms with Gasteiger partial charge in [-0.25, -0.2) is 4.99 Å². The minimum atomic E-state index is 0.724. The van der Waals surface area contributed by atoms with E-state index in [0.717, 1.165) is 44.8 Å². The number of halogens is 1. The number of nitrogens with zero attached hydrogens (tertiary/aromatic N) is 3. The molecule has 0 unspecified atom stereocenters. The van der Waals surface area contributed by atoms with Crippen LogP contribution in [0.4, 0.5) is 5.69 Å². The van der Waals surface area contributed by atoms with Gasteiger partial charge in [0.15, 0.2) is 5.84 Å².